The first-order valence-corrected chi connectivity index (χ1v) is 11.3. The molecule has 0 amide bonds. The molecule has 1 saturated heterocycles. The van der Waals surface area contributed by atoms with E-state index in [2.05, 4.69) is 64.0 Å². The number of nitrogens with zero attached hydrogens (tertiary/aromatic N) is 5. The Bertz CT molecular complexity index is 896. The summed E-state index contributed by atoms with van der Waals surface area (Å²) in [5.41, 5.74) is 3.84. The first kappa shape index (κ1) is 24.0. The van der Waals surface area contributed by atoms with Gasteiger partial charge in [0.15, 0.2) is 11.8 Å². The average Bonchev–Trinajstić information content (AvgIpc) is 2.97. The highest BCUT2D eigenvalue weighted by Crippen LogP contribution is 2.26. The van der Waals surface area contributed by atoms with Crippen molar-refractivity contribution in [3.05, 3.63) is 46.5 Å². The number of hydrogen-bond acceptors (Lipinski definition) is 4. The highest BCUT2D eigenvalue weighted by atomic mass is 127. The minimum atomic E-state index is 0. The number of nitrogens with one attached hydrogen (secondary N) is 1. The van der Waals surface area contributed by atoms with E-state index in [1.165, 1.54) is 36.0 Å². The number of aliphatic imine (C=N–C) groups is 1. The number of halogens is 1. The van der Waals surface area contributed by atoms with E-state index in [0.717, 1.165) is 50.2 Å². The number of hydrogen-bond donors (Lipinski definition) is 1. The molecule has 0 saturated carbocycles. The van der Waals surface area contributed by atoms with Crippen LogP contribution in [-0.4, -0.2) is 51.9 Å². The van der Waals surface area contributed by atoms with Crippen LogP contribution in [0.25, 0.3) is 0 Å². The quantitative estimate of drug-likeness (QED) is 0.365. The second-order valence-electron chi connectivity index (χ2n) is 8.33. The number of morpholine rings is 1. The molecular weight excluding hydrogens is 503 g/mol. The Balaban J connectivity index is 0.00000272. The van der Waals surface area contributed by atoms with Gasteiger partial charge in [0, 0.05) is 26.1 Å². The molecule has 8 heteroatoms. The van der Waals surface area contributed by atoms with Crippen LogP contribution in [0.4, 0.5) is 0 Å². The standard InChI is InChI=1S/C23H34N6O.HI/c1-4-24-23(25-15-22-27-26-21-8-6-5-7-11-29(21)22)28-12-13-30-20(16-28)19-10-9-17(2)14-18(19)3;/h9-10,14,20H,4-8,11-13,15-16H2,1-3H3,(H,24,25);1H. The van der Waals surface area contributed by atoms with E-state index >= 15 is 0 Å². The van der Waals surface area contributed by atoms with Crippen molar-refractivity contribution in [1.29, 1.82) is 0 Å². The van der Waals surface area contributed by atoms with Crippen LogP contribution in [-0.2, 0) is 24.2 Å². The van der Waals surface area contributed by atoms with Gasteiger partial charge in [0.2, 0.25) is 0 Å². The summed E-state index contributed by atoms with van der Waals surface area (Å²) in [5, 5.41) is 12.3. The Kier molecular flexibility index (Phi) is 8.71. The Labute approximate surface area is 202 Å². The van der Waals surface area contributed by atoms with Gasteiger partial charge in [-0.3, -0.25) is 0 Å². The minimum absolute atomic E-state index is 0. The first-order valence-electron chi connectivity index (χ1n) is 11.3. The fourth-order valence-corrected chi connectivity index (χ4v) is 4.45. The number of rotatable bonds is 4. The Morgan fingerprint density at radius 1 is 1.19 bits per heavy atom. The van der Waals surface area contributed by atoms with Crippen molar-refractivity contribution >= 4 is 29.9 Å². The van der Waals surface area contributed by atoms with Crippen molar-refractivity contribution in [1.82, 2.24) is 25.0 Å². The molecule has 1 fully saturated rings. The Hall–Kier alpha value is -1.68. The maximum Gasteiger partial charge on any atom is 0.194 e. The number of guanidine groups is 1. The van der Waals surface area contributed by atoms with Crippen LogP contribution >= 0.6 is 24.0 Å². The zero-order valence-corrected chi connectivity index (χ0v) is 21.3. The summed E-state index contributed by atoms with van der Waals surface area (Å²) in [6, 6.07) is 6.60. The molecule has 2 aromatic rings. The molecule has 7 nitrogen and oxygen atoms in total. The van der Waals surface area contributed by atoms with Crippen LogP contribution in [0.1, 0.15) is 60.6 Å². The Morgan fingerprint density at radius 2 is 2.06 bits per heavy atom. The molecule has 1 N–H and O–H groups in total. The highest BCUT2D eigenvalue weighted by Gasteiger charge is 2.25. The molecule has 1 aromatic heterocycles. The van der Waals surface area contributed by atoms with Gasteiger partial charge in [0.05, 0.1) is 13.2 Å². The van der Waals surface area contributed by atoms with Gasteiger partial charge < -0.3 is 19.5 Å². The van der Waals surface area contributed by atoms with Gasteiger partial charge in [-0.25, -0.2) is 4.99 Å². The summed E-state index contributed by atoms with van der Waals surface area (Å²) in [4.78, 5) is 7.25. The summed E-state index contributed by atoms with van der Waals surface area (Å²) in [6.07, 6.45) is 4.76. The maximum atomic E-state index is 6.13. The van der Waals surface area contributed by atoms with Crippen LogP contribution in [0.2, 0.25) is 0 Å². The lowest BCUT2D eigenvalue weighted by atomic mass is 10.00. The van der Waals surface area contributed by atoms with Crippen LogP contribution < -0.4 is 5.32 Å². The second-order valence-corrected chi connectivity index (χ2v) is 8.33. The number of ether oxygens (including phenoxy) is 1. The highest BCUT2D eigenvalue weighted by molar-refractivity contribution is 14.0. The molecule has 170 valence electrons. The molecule has 1 aromatic carbocycles. The van der Waals surface area contributed by atoms with Crippen LogP contribution in [0, 0.1) is 13.8 Å². The molecular formula is C23H35IN6O. The third kappa shape index (κ3) is 5.77. The number of fused-ring (bicyclic) bond motifs is 1. The third-order valence-electron chi connectivity index (χ3n) is 6.03. The van der Waals surface area contributed by atoms with E-state index in [4.69, 9.17) is 9.73 Å². The van der Waals surface area contributed by atoms with Crippen LogP contribution in [0.3, 0.4) is 0 Å². The van der Waals surface area contributed by atoms with Crippen molar-refractivity contribution in [3.63, 3.8) is 0 Å². The fraction of sp³-hybridized carbons (Fsp3) is 0.609. The van der Waals surface area contributed by atoms with E-state index in [0.29, 0.717) is 13.2 Å². The largest absolute Gasteiger partial charge is 0.370 e. The minimum Gasteiger partial charge on any atom is -0.370 e. The van der Waals surface area contributed by atoms with E-state index in [-0.39, 0.29) is 30.1 Å². The van der Waals surface area contributed by atoms with Gasteiger partial charge in [-0.15, -0.1) is 34.2 Å². The molecule has 31 heavy (non-hydrogen) atoms. The summed E-state index contributed by atoms with van der Waals surface area (Å²) in [5.74, 6) is 3.02. The summed E-state index contributed by atoms with van der Waals surface area (Å²) in [7, 11) is 0. The van der Waals surface area contributed by atoms with Gasteiger partial charge in [0.1, 0.15) is 18.5 Å². The lowest BCUT2D eigenvalue weighted by molar-refractivity contribution is -0.00835. The summed E-state index contributed by atoms with van der Waals surface area (Å²) in [6.45, 7) is 11.1. The molecule has 0 bridgehead atoms. The maximum absolute atomic E-state index is 6.13. The fourth-order valence-electron chi connectivity index (χ4n) is 4.45. The number of benzene rings is 1. The predicted molar refractivity (Wildman–Crippen MR) is 134 cm³/mol. The molecule has 2 aliphatic rings. The zero-order valence-electron chi connectivity index (χ0n) is 18.9. The molecule has 3 heterocycles. The predicted octanol–water partition coefficient (Wildman–Crippen LogP) is 3.78. The summed E-state index contributed by atoms with van der Waals surface area (Å²) >= 11 is 0. The van der Waals surface area contributed by atoms with Crippen molar-refractivity contribution in [2.45, 2.75) is 65.6 Å². The molecule has 2 aliphatic heterocycles. The van der Waals surface area contributed by atoms with E-state index in [1.807, 2.05) is 0 Å². The molecule has 1 unspecified atom stereocenters. The van der Waals surface area contributed by atoms with Crippen LogP contribution in [0.5, 0.6) is 0 Å². The average molecular weight is 538 g/mol. The van der Waals surface area contributed by atoms with Crippen molar-refractivity contribution in [3.8, 4) is 0 Å². The third-order valence-corrected chi connectivity index (χ3v) is 6.03. The smallest absolute Gasteiger partial charge is 0.194 e. The monoisotopic (exact) mass is 538 g/mol. The second kappa shape index (κ2) is 11.3. The van der Waals surface area contributed by atoms with Gasteiger partial charge in [-0.2, -0.15) is 0 Å². The van der Waals surface area contributed by atoms with Crippen molar-refractivity contribution < 1.29 is 4.74 Å². The van der Waals surface area contributed by atoms with Gasteiger partial charge in [-0.05, 0) is 44.7 Å². The van der Waals surface area contributed by atoms with Crippen molar-refractivity contribution in [2.75, 3.05) is 26.2 Å². The lowest BCUT2D eigenvalue weighted by Crippen LogP contribution is -2.48. The van der Waals surface area contributed by atoms with E-state index in [9.17, 15) is 0 Å². The lowest BCUT2D eigenvalue weighted by Gasteiger charge is -2.36. The van der Waals surface area contributed by atoms with Gasteiger partial charge >= 0.3 is 0 Å². The molecule has 0 aliphatic carbocycles. The van der Waals surface area contributed by atoms with Gasteiger partial charge in [-0.1, -0.05) is 30.2 Å². The Morgan fingerprint density at radius 3 is 2.87 bits per heavy atom. The van der Waals surface area contributed by atoms with Crippen LogP contribution in [0.15, 0.2) is 23.2 Å². The zero-order chi connectivity index (χ0) is 20.9. The summed E-state index contributed by atoms with van der Waals surface area (Å²) < 4.78 is 8.41. The van der Waals surface area contributed by atoms with E-state index in [1.54, 1.807) is 0 Å². The number of aromatic nitrogens is 3. The van der Waals surface area contributed by atoms with E-state index < -0.39 is 0 Å². The van der Waals surface area contributed by atoms with Crippen molar-refractivity contribution in [2.24, 2.45) is 4.99 Å². The first-order chi connectivity index (χ1) is 14.7. The molecule has 0 spiro atoms. The molecule has 4 rings (SSSR count). The normalized spacial score (nSPS) is 19.4. The molecule has 0 radical (unpaired) electrons. The topological polar surface area (TPSA) is 67.6 Å². The molecule has 1 atom stereocenters. The number of aryl methyl sites for hydroxylation is 3. The van der Waals surface area contributed by atoms with Gasteiger partial charge in [0.25, 0.3) is 0 Å². The SMILES string of the molecule is CCNC(=NCc1nnc2n1CCCCC2)N1CCOC(c2ccc(C)cc2C)C1.I.